The predicted molar refractivity (Wildman–Crippen MR) is 127 cm³/mol. The van der Waals surface area contributed by atoms with Crippen LogP contribution in [0, 0.1) is 0 Å². The average Bonchev–Trinajstić information content (AvgIpc) is 2.79. The minimum Gasteiger partial charge on any atom is -0.495 e. The second-order valence-electron chi connectivity index (χ2n) is 7.16. The van der Waals surface area contributed by atoms with Crippen LogP contribution in [0.15, 0.2) is 77.7 Å². The summed E-state index contributed by atoms with van der Waals surface area (Å²) < 4.78 is 33.8. The fourth-order valence-electron chi connectivity index (χ4n) is 3.28. The first-order valence-electron chi connectivity index (χ1n) is 10.1. The normalized spacial score (nSPS) is 12.2. The van der Waals surface area contributed by atoms with Crippen LogP contribution in [-0.4, -0.2) is 27.5 Å². The van der Waals surface area contributed by atoms with E-state index in [-0.39, 0.29) is 16.3 Å². The molecule has 0 saturated carbocycles. The molecule has 0 aromatic heterocycles. The van der Waals surface area contributed by atoms with Gasteiger partial charge in [-0.1, -0.05) is 67.1 Å². The summed E-state index contributed by atoms with van der Waals surface area (Å²) in [6, 6.07) is 19.8. The number of aryl methyl sites for hydroxylation is 1. The lowest BCUT2D eigenvalue weighted by atomic mass is 10.1. The third kappa shape index (κ3) is 5.88. The molecule has 2 N–H and O–H groups in total. The molecule has 1 atom stereocenters. The SMILES string of the molecule is CCc1ccccc1NC(=O)[C@H](Cc1ccccc1)NS(=O)(=O)c1ccc(OC)c(Cl)c1. The molecular weight excluding hydrogens is 448 g/mol. The number of nitrogens with one attached hydrogen (secondary N) is 2. The van der Waals surface area contributed by atoms with E-state index in [9.17, 15) is 13.2 Å². The van der Waals surface area contributed by atoms with Crippen molar-refractivity contribution >= 4 is 33.2 Å². The standard InChI is InChI=1S/C24H25ClN2O4S/c1-3-18-11-7-8-12-21(18)26-24(28)22(15-17-9-5-4-6-10-17)27-32(29,30)19-13-14-23(31-2)20(25)16-19/h4-14,16,22,27H,3,15H2,1-2H3,(H,26,28)/t22-/m0/s1. The molecule has 0 radical (unpaired) electrons. The minimum absolute atomic E-state index is 0.0527. The Hall–Kier alpha value is -2.87. The number of hydrogen-bond donors (Lipinski definition) is 2. The summed E-state index contributed by atoms with van der Waals surface area (Å²) in [4.78, 5) is 13.1. The molecule has 0 fully saturated rings. The Morgan fingerprint density at radius 3 is 2.38 bits per heavy atom. The van der Waals surface area contributed by atoms with Crippen molar-refractivity contribution < 1.29 is 17.9 Å². The predicted octanol–water partition coefficient (Wildman–Crippen LogP) is 4.44. The molecule has 3 aromatic rings. The van der Waals surface area contributed by atoms with Gasteiger partial charge < -0.3 is 10.1 Å². The zero-order valence-electron chi connectivity index (χ0n) is 17.8. The maximum Gasteiger partial charge on any atom is 0.242 e. The summed E-state index contributed by atoms with van der Waals surface area (Å²) in [5, 5.41) is 3.04. The molecule has 0 saturated heterocycles. The number of halogens is 1. The van der Waals surface area contributed by atoms with Crippen molar-refractivity contribution in [3.8, 4) is 5.75 Å². The van der Waals surface area contributed by atoms with Gasteiger partial charge >= 0.3 is 0 Å². The Kier molecular flexibility index (Phi) is 7.90. The third-order valence-electron chi connectivity index (χ3n) is 4.99. The van der Waals surface area contributed by atoms with Gasteiger partial charge in [-0.25, -0.2) is 8.42 Å². The number of benzene rings is 3. The Morgan fingerprint density at radius 1 is 1.03 bits per heavy atom. The number of ether oxygens (including phenoxy) is 1. The number of amides is 1. The maximum absolute atomic E-state index is 13.2. The van der Waals surface area contributed by atoms with Crippen LogP contribution in [-0.2, 0) is 27.7 Å². The van der Waals surface area contributed by atoms with Gasteiger partial charge in [-0.05, 0) is 48.2 Å². The van der Waals surface area contributed by atoms with E-state index in [1.165, 1.54) is 25.3 Å². The second kappa shape index (κ2) is 10.6. The highest BCUT2D eigenvalue weighted by Crippen LogP contribution is 2.27. The number of rotatable bonds is 9. The summed E-state index contributed by atoms with van der Waals surface area (Å²) in [7, 11) is -2.58. The van der Waals surface area contributed by atoms with Crippen LogP contribution in [0.5, 0.6) is 5.75 Å². The Morgan fingerprint density at radius 2 is 1.72 bits per heavy atom. The molecule has 0 spiro atoms. The van der Waals surface area contributed by atoms with E-state index < -0.39 is 22.0 Å². The second-order valence-corrected chi connectivity index (χ2v) is 9.28. The van der Waals surface area contributed by atoms with Crippen LogP contribution >= 0.6 is 11.6 Å². The molecule has 6 nitrogen and oxygen atoms in total. The van der Waals surface area contributed by atoms with E-state index >= 15 is 0 Å². The van der Waals surface area contributed by atoms with Crippen LogP contribution in [0.2, 0.25) is 5.02 Å². The fourth-order valence-corrected chi connectivity index (χ4v) is 4.82. The summed E-state index contributed by atoms with van der Waals surface area (Å²) in [5.74, 6) is -0.0849. The van der Waals surface area contributed by atoms with E-state index in [0.717, 1.165) is 17.5 Å². The van der Waals surface area contributed by atoms with Gasteiger partial charge in [0.15, 0.2) is 0 Å². The first kappa shape index (κ1) is 23.8. The summed E-state index contributed by atoms with van der Waals surface area (Å²) >= 11 is 6.11. The number of carbonyl (C=O) groups is 1. The minimum atomic E-state index is -4.03. The molecule has 0 heterocycles. The van der Waals surface area contributed by atoms with Gasteiger partial charge in [0.2, 0.25) is 15.9 Å². The zero-order valence-corrected chi connectivity index (χ0v) is 19.4. The van der Waals surface area contributed by atoms with Gasteiger partial charge in [-0.15, -0.1) is 0 Å². The van der Waals surface area contributed by atoms with E-state index in [4.69, 9.17) is 16.3 Å². The molecule has 168 valence electrons. The summed E-state index contributed by atoms with van der Waals surface area (Å²) in [6.45, 7) is 1.99. The molecule has 1 amide bonds. The lowest BCUT2D eigenvalue weighted by molar-refractivity contribution is -0.117. The molecule has 0 unspecified atom stereocenters. The molecule has 32 heavy (non-hydrogen) atoms. The average molecular weight is 473 g/mol. The molecular formula is C24H25ClN2O4S. The van der Waals surface area contributed by atoms with Crippen molar-refractivity contribution in [2.45, 2.75) is 30.7 Å². The third-order valence-corrected chi connectivity index (χ3v) is 6.75. The number of sulfonamides is 1. The van der Waals surface area contributed by atoms with Gasteiger partial charge in [0.1, 0.15) is 11.8 Å². The fraction of sp³-hybridized carbons (Fsp3) is 0.208. The van der Waals surface area contributed by atoms with Crippen molar-refractivity contribution in [1.82, 2.24) is 4.72 Å². The van der Waals surface area contributed by atoms with E-state index in [1.807, 2.05) is 55.5 Å². The highest BCUT2D eigenvalue weighted by molar-refractivity contribution is 7.89. The first-order valence-corrected chi connectivity index (χ1v) is 12.0. The van der Waals surface area contributed by atoms with Gasteiger partial charge in [0.05, 0.1) is 17.0 Å². The summed E-state index contributed by atoms with van der Waals surface area (Å²) in [6.07, 6.45) is 0.917. The zero-order chi connectivity index (χ0) is 23.1. The number of methoxy groups -OCH3 is 1. The van der Waals surface area contributed by atoms with Crippen molar-refractivity contribution in [1.29, 1.82) is 0 Å². The highest BCUT2D eigenvalue weighted by atomic mass is 35.5. The Bertz CT molecular complexity index is 1180. The lowest BCUT2D eigenvalue weighted by Gasteiger charge is -2.20. The number of hydrogen-bond acceptors (Lipinski definition) is 4. The van der Waals surface area contributed by atoms with Crippen LogP contribution in [0.3, 0.4) is 0 Å². The van der Waals surface area contributed by atoms with Crippen LogP contribution in [0.4, 0.5) is 5.69 Å². The van der Waals surface area contributed by atoms with E-state index in [0.29, 0.717) is 11.4 Å². The monoisotopic (exact) mass is 472 g/mol. The Balaban J connectivity index is 1.90. The quantitative estimate of drug-likeness (QED) is 0.482. The van der Waals surface area contributed by atoms with Gasteiger partial charge in [-0.3, -0.25) is 4.79 Å². The van der Waals surface area contributed by atoms with Crippen LogP contribution in [0.1, 0.15) is 18.1 Å². The lowest BCUT2D eigenvalue weighted by Crippen LogP contribution is -2.45. The van der Waals surface area contributed by atoms with Crippen molar-refractivity contribution in [3.63, 3.8) is 0 Å². The number of carbonyl (C=O) groups excluding carboxylic acids is 1. The van der Waals surface area contributed by atoms with Crippen molar-refractivity contribution in [2.75, 3.05) is 12.4 Å². The molecule has 0 aliphatic rings. The van der Waals surface area contributed by atoms with Gasteiger partial charge in [0, 0.05) is 5.69 Å². The molecule has 3 aromatic carbocycles. The van der Waals surface area contributed by atoms with Crippen molar-refractivity contribution in [2.24, 2.45) is 0 Å². The highest BCUT2D eigenvalue weighted by Gasteiger charge is 2.27. The topological polar surface area (TPSA) is 84.5 Å². The molecule has 3 rings (SSSR count). The summed E-state index contributed by atoms with van der Waals surface area (Å²) in [5.41, 5.74) is 2.45. The molecule has 0 aliphatic carbocycles. The number of para-hydroxylation sites is 1. The van der Waals surface area contributed by atoms with Gasteiger partial charge in [0.25, 0.3) is 0 Å². The van der Waals surface area contributed by atoms with Crippen LogP contribution in [0.25, 0.3) is 0 Å². The van der Waals surface area contributed by atoms with Crippen molar-refractivity contribution in [3.05, 3.63) is 88.9 Å². The first-order chi connectivity index (χ1) is 15.3. The number of anilines is 1. The smallest absolute Gasteiger partial charge is 0.242 e. The van der Waals surface area contributed by atoms with Gasteiger partial charge in [-0.2, -0.15) is 4.72 Å². The van der Waals surface area contributed by atoms with E-state index in [1.54, 1.807) is 6.07 Å². The van der Waals surface area contributed by atoms with E-state index in [2.05, 4.69) is 10.0 Å². The Labute approximate surface area is 193 Å². The maximum atomic E-state index is 13.2. The largest absolute Gasteiger partial charge is 0.495 e. The molecule has 0 bridgehead atoms. The molecule has 0 aliphatic heterocycles. The van der Waals surface area contributed by atoms with Crippen LogP contribution < -0.4 is 14.8 Å². The molecule has 8 heteroatoms.